The maximum Gasteiger partial charge on any atom is 0.0964 e. The van der Waals surface area contributed by atoms with E-state index < -0.39 is 0 Å². The molecular formula is C13H24N4. The molecule has 1 N–H and O–H groups in total. The number of rotatable bonds is 6. The van der Waals surface area contributed by atoms with Gasteiger partial charge in [-0.05, 0) is 31.2 Å². The van der Waals surface area contributed by atoms with Gasteiger partial charge in [0.2, 0.25) is 0 Å². The summed E-state index contributed by atoms with van der Waals surface area (Å²) in [5, 5.41) is 11.8. The van der Waals surface area contributed by atoms with E-state index in [9.17, 15) is 0 Å². The van der Waals surface area contributed by atoms with E-state index in [0.717, 1.165) is 31.2 Å². The van der Waals surface area contributed by atoms with Crippen LogP contribution in [-0.2, 0) is 13.1 Å². The molecule has 1 aromatic rings. The second kappa shape index (κ2) is 6.15. The third-order valence-corrected chi connectivity index (χ3v) is 3.36. The minimum Gasteiger partial charge on any atom is -0.311 e. The third-order valence-electron chi connectivity index (χ3n) is 3.36. The zero-order valence-corrected chi connectivity index (χ0v) is 11.0. The van der Waals surface area contributed by atoms with Gasteiger partial charge in [0.05, 0.1) is 5.69 Å². The average molecular weight is 236 g/mol. The molecule has 1 heterocycles. The lowest BCUT2D eigenvalue weighted by molar-refractivity contribution is 0.421. The van der Waals surface area contributed by atoms with Crippen LogP contribution in [0.15, 0.2) is 6.20 Å². The molecule has 1 aliphatic rings. The van der Waals surface area contributed by atoms with Gasteiger partial charge in [0.25, 0.3) is 0 Å². The largest absolute Gasteiger partial charge is 0.311 e. The van der Waals surface area contributed by atoms with Gasteiger partial charge >= 0.3 is 0 Å². The maximum atomic E-state index is 4.21. The number of hydrogen-bond acceptors (Lipinski definition) is 3. The number of hydrogen-bond donors (Lipinski definition) is 1. The summed E-state index contributed by atoms with van der Waals surface area (Å²) in [5.74, 6) is 1.51. The first-order valence-electron chi connectivity index (χ1n) is 6.84. The zero-order valence-electron chi connectivity index (χ0n) is 11.0. The maximum absolute atomic E-state index is 4.21. The van der Waals surface area contributed by atoms with Crippen LogP contribution in [0.5, 0.6) is 0 Å². The number of nitrogens with zero attached hydrogens (tertiary/aromatic N) is 3. The fourth-order valence-electron chi connectivity index (χ4n) is 2.46. The first-order valence-corrected chi connectivity index (χ1v) is 6.84. The summed E-state index contributed by atoms with van der Waals surface area (Å²) in [6.07, 6.45) is 7.59. The van der Waals surface area contributed by atoms with E-state index in [1.807, 2.05) is 4.68 Å². The summed E-state index contributed by atoms with van der Waals surface area (Å²) < 4.78 is 2.02. The summed E-state index contributed by atoms with van der Waals surface area (Å²) in [6, 6.07) is 0. The molecule has 2 rings (SSSR count). The van der Waals surface area contributed by atoms with Crippen molar-refractivity contribution >= 4 is 0 Å². The first kappa shape index (κ1) is 12.6. The Labute approximate surface area is 104 Å². The Morgan fingerprint density at radius 3 is 2.88 bits per heavy atom. The molecule has 0 atom stereocenters. The van der Waals surface area contributed by atoms with Crippen molar-refractivity contribution in [2.24, 2.45) is 11.8 Å². The van der Waals surface area contributed by atoms with Crippen molar-refractivity contribution in [3.63, 3.8) is 0 Å². The van der Waals surface area contributed by atoms with Crippen molar-refractivity contribution in [2.45, 2.75) is 52.6 Å². The molecule has 96 valence electrons. The lowest BCUT2D eigenvalue weighted by Gasteiger charge is -2.07. The van der Waals surface area contributed by atoms with Crippen LogP contribution in [0.3, 0.4) is 0 Å². The highest BCUT2D eigenvalue weighted by Gasteiger charge is 2.16. The van der Waals surface area contributed by atoms with Gasteiger partial charge in [-0.3, -0.25) is 4.68 Å². The summed E-state index contributed by atoms with van der Waals surface area (Å²) in [5.41, 5.74) is 1.06. The Kier molecular flexibility index (Phi) is 4.54. The van der Waals surface area contributed by atoms with Crippen LogP contribution in [0.1, 0.15) is 45.2 Å². The van der Waals surface area contributed by atoms with Crippen LogP contribution >= 0.6 is 0 Å². The monoisotopic (exact) mass is 236 g/mol. The van der Waals surface area contributed by atoms with Crippen molar-refractivity contribution in [1.82, 2.24) is 20.3 Å². The zero-order chi connectivity index (χ0) is 12.1. The number of aromatic nitrogens is 3. The molecule has 0 amide bonds. The van der Waals surface area contributed by atoms with Crippen molar-refractivity contribution in [3.05, 3.63) is 11.9 Å². The lowest BCUT2D eigenvalue weighted by Crippen LogP contribution is -2.19. The van der Waals surface area contributed by atoms with Crippen LogP contribution in [0.25, 0.3) is 0 Å². The minimum atomic E-state index is 0.684. The Morgan fingerprint density at radius 2 is 2.18 bits per heavy atom. The Bertz CT molecular complexity index is 326. The van der Waals surface area contributed by atoms with Crippen LogP contribution in [0.4, 0.5) is 0 Å². The van der Waals surface area contributed by atoms with E-state index in [0.29, 0.717) is 5.92 Å². The third kappa shape index (κ3) is 4.11. The highest BCUT2D eigenvalue weighted by Crippen LogP contribution is 2.25. The molecule has 1 aromatic heterocycles. The molecule has 4 nitrogen and oxygen atoms in total. The quantitative estimate of drug-likeness (QED) is 0.823. The summed E-state index contributed by atoms with van der Waals surface area (Å²) in [6.45, 7) is 7.35. The van der Waals surface area contributed by atoms with Gasteiger partial charge in [-0.1, -0.05) is 31.9 Å². The minimum absolute atomic E-state index is 0.684. The molecular weight excluding hydrogens is 212 g/mol. The Balaban J connectivity index is 1.75. The smallest absolute Gasteiger partial charge is 0.0964 e. The highest BCUT2D eigenvalue weighted by atomic mass is 15.4. The van der Waals surface area contributed by atoms with Gasteiger partial charge < -0.3 is 5.32 Å². The fraction of sp³-hybridized carbons (Fsp3) is 0.846. The first-order chi connectivity index (χ1) is 8.24. The molecule has 17 heavy (non-hydrogen) atoms. The van der Waals surface area contributed by atoms with Crippen molar-refractivity contribution in [1.29, 1.82) is 0 Å². The van der Waals surface area contributed by atoms with Crippen LogP contribution in [0.2, 0.25) is 0 Å². The molecule has 1 saturated carbocycles. The molecule has 0 aliphatic heterocycles. The van der Waals surface area contributed by atoms with Crippen LogP contribution in [0, 0.1) is 11.8 Å². The molecule has 0 radical (unpaired) electrons. The molecule has 0 unspecified atom stereocenters. The number of nitrogens with one attached hydrogen (secondary N) is 1. The van der Waals surface area contributed by atoms with Crippen molar-refractivity contribution in [3.8, 4) is 0 Å². The summed E-state index contributed by atoms with van der Waals surface area (Å²) in [4.78, 5) is 0. The molecule has 0 aromatic carbocycles. The van der Waals surface area contributed by atoms with Gasteiger partial charge in [0.1, 0.15) is 0 Å². The van der Waals surface area contributed by atoms with E-state index in [2.05, 4.69) is 35.7 Å². The van der Waals surface area contributed by atoms with E-state index in [1.54, 1.807) is 0 Å². The second-order valence-corrected chi connectivity index (χ2v) is 5.61. The van der Waals surface area contributed by atoms with Crippen molar-refractivity contribution < 1.29 is 0 Å². The second-order valence-electron chi connectivity index (χ2n) is 5.61. The van der Waals surface area contributed by atoms with Gasteiger partial charge in [0, 0.05) is 19.3 Å². The van der Waals surface area contributed by atoms with Gasteiger partial charge in [-0.2, -0.15) is 0 Å². The average Bonchev–Trinajstić information content (AvgIpc) is 2.90. The van der Waals surface area contributed by atoms with Gasteiger partial charge in [0.15, 0.2) is 0 Å². The van der Waals surface area contributed by atoms with E-state index in [4.69, 9.17) is 0 Å². The lowest BCUT2D eigenvalue weighted by atomic mass is 10.1. The van der Waals surface area contributed by atoms with Gasteiger partial charge in [-0.15, -0.1) is 5.10 Å². The van der Waals surface area contributed by atoms with Crippen LogP contribution in [-0.4, -0.2) is 21.5 Å². The Morgan fingerprint density at radius 1 is 1.41 bits per heavy atom. The molecule has 4 heteroatoms. The van der Waals surface area contributed by atoms with E-state index in [1.165, 1.54) is 25.7 Å². The molecule has 1 fully saturated rings. The van der Waals surface area contributed by atoms with Crippen molar-refractivity contribution in [2.75, 3.05) is 6.54 Å². The predicted octanol–water partition coefficient (Wildman–Crippen LogP) is 2.21. The Hall–Kier alpha value is -0.900. The SMILES string of the molecule is CC(C)CNCc1cn(CC2CCCC2)nn1. The predicted molar refractivity (Wildman–Crippen MR) is 68.5 cm³/mol. The van der Waals surface area contributed by atoms with Crippen LogP contribution < -0.4 is 5.32 Å². The van der Waals surface area contributed by atoms with E-state index >= 15 is 0 Å². The molecule has 0 saturated heterocycles. The highest BCUT2D eigenvalue weighted by molar-refractivity contribution is 4.91. The van der Waals surface area contributed by atoms with Gasteiger partial charge in [-0.25, -0.2) is 0 Å². The molecule has 0 spiro atoms. The normalized spacial score (nSPS) is 17.1. The van der Waals surface area contributed by atoms with E-state index in [-0.39, 0.29) is 0 Å². The molecule has 0 bridgehead atoms. The standard InChI is InChI=1S/C13H24N4/c1-11(2)7-14-8-13-10-17(16-15-13)9-12-5-3-4-6-12/h10-12,14H,3-9H2,1-2H3. The molecule has 1 aliphatic carbocycles. The summed E-state index contributed by atoms with van der Waals surface area (Å²) >= 11 is 0. The summed E-state index contributed by atoms with van der Waals surface area (Å²) in [7, 11) is 0. The fourth-order valence-corrected chi connectivity index (χ4v) is 2.46. The topological polar surface area (TPSA) is 42.7 Å².